The molecule has 0 atom stereocenters. The number of β-amino-alcohol motifs (C(OH)–C–C–N with tert-alkyl or cyclic N) is 1. The Hall–Kier alpha value is -3.17. The highest BCUT2D eigenvalue weighted by atomic mass is 16.3. The third-order valence-electron chi connectivity index (χ3n) is 6.25. The van der Waals surface area contributed by atoms with Crippen molar-refractivity contribution in [3.05, 3.63) is 52.0 Å². The molecule has 1 saturated heterocycles. The van der Waals surface area contributed by atoms with E-state index in [0.717, 1.165) is 72.8 Å². The largest absolute Gasteiger partial charge is 0.395 e. The number of aromatic amines is 1. The van der Waals surface area contributed by atoms with E-state index < -0.39 is 0 Å². The van der Waals surface area contributed by atoms with Crippen molar-refractivity contribution in [2.75, 3.05) is 39.3 Å². The summed E-state index contributed by atoms with van der Waals surface area (Å²) in [6, 6.07) is 10.6. The molecule has 160 valence electrons. The first-order valence-corrected chi connectivity index (χ1v) is 10.6. The van der Waals surface area contributed by atoms with E-state index in [1.54, 1.807) is 0 Å². The number of piperazine rings is 1. The third kappa shape index (κ3) is 4.06. The summed E-state index contributed by atoms with van der Waals surface area (Å²) < 4.78 is 0. The quantitative estimate of drug-likeness (QED) is 0.681. The maximum Gasteiger partial charge on any atom is 0.0975 e. The molecule has 0 amide bonds. The van der Waals surface area contributed by atoms with Crippen LogP contribution < -0.4 is 5.32 Å². The van der Waals surface area contributed by atoms with Gasteiger partial charge in [-0.15, -0.1) is 0 Å². The van der Waals surface area contributed by atoms with E-state index in [1.165, 1.54) is 0 Å². The Kier molecular flexibility index (Phi) is 6.06. The Bertz CT molecular complexity index is 1090. The normalized spacial score (nSPS) is 18.9. The molecule has 1 aromatic heterocycles. The monoisotopic (exact) mass is 417 g/mol. The van der Waals surface area contributed by atoms with Gasteiger partial charge < -0.3 is 10.4 Å². The van der Waals surface area contributed by atoms with Gasteiger partial charge in [0.2, 0.25) is 0 Å². The molecule has 0 saturated carbocycles. The lowest BCUT2D eigenvalue weighted by molar-refractivity contribution is 0.108. The van der Waals surface area contributed by atoms with Gasteiger partial charge in [-0.1, -0.05) is 6.07 Å². The van der Waals surface area contributed by atoms with Crippen molar-refractivity contribution in [2.45, 2.75) is 26.3 Å². The third-order valence-corrected chi connectivity index (χ3v) is 6.25. The molecule has 2 aliphatic rings. The van der Waals surface area contributed by atoms with Crippen LogP contribution in [-0.2, 0) is 6.54 Å². The van der Waals surface area contributed by atoms with Gasteiger partial charge in [0.15, 0.2) is 0 Å². The number of H-pyrrole nitrogens is 1. The first-order chi connectivity index (χ1) is 15.0. The number of hydrogen-bond donors (Lipinski definition) is 3. The number of hydrogen-bond acceptors (Lipinski definition) is 7. The standard InChI is InChI=1S/C23H27N7O/c1-15-19(12-24)23(20(13-25)16(2)26-15)17-3-4-21-18(11-17)22(28-27-21)14-30-7-5-29(6-8-30)9-10-31/h3-4,11,23,26,31H,5-10,14H2,1-2H3,(H,27,28). The predicted octanol–water partition coefficient (Wildman–Crippen LogP) is 1.95. The van der Waals surface area contributed by atoms with Crippen LogP contribution in [0.5, 0.6) is 0 Å². The summed E-state index contributed by atoms with van der Waals surface area (Å²) in [5.74, 6) is -0.370. The van der Waals surface area contributed by atoms with Crippen molar-refractivity contribution >= 4 is 10.9 Å². The fourth-order valence-electron chi connectivity index (χ4n) is 4.53. The summed E-state index contributed by atoms with van der Waals surface area (Å²) in [5.41, 5.74) is 5.58. The van der Waals surface area contributed by atoms with Crippen LogP contribution in [0.3, 0.4) is 0 Å². The summed E-state index contributed by atoms with van der Waals surface area (Å²) in [7, 11) is 0. The molecule has 0 radical (unpaired) electrons. The molecule has 2 aromatic rings. The number of nitrogens with one attached hydrogen (secondary N) is 2. The molecule has 1 fully saturated rings. The van der Waals surface area contributed by atoms with Gasteiger partial charge in [-0.2, -0.15) is 15.6 Å². The average molecular weight is 418 g/mol. The highest BCUT2D eigenvalue weighted by Crippen LogP contribution is 2.38. The zero-order valence-corrected chi connectivity index (χ0v) is 17.9. The number of dihydropyridines is 1. The number of allylic oxidation sites excluding steroid dienone is 4. The van der Waals surface area contributed by atoms with Crippen molar-refractivity contribution in [2.24, 2.45) is 0 Å². The van der Waals surface area contributed by atoms with Gasteiger partial charge in [-0.25, -0.2) is 0 Å². The van der Waals surface area contributed by atoms with Crippen LogP contribution in [0.4, 0.5) is 0 Å². The van der Waals surface area contributed by atoms with Crippen LogP contribution in [0.15, 0.2) is 40.7 Å². The van der Waals surface area contributed by atoms with Crippen LogP contribution in [0.25, 0.3) is 10.9 Å². The molecule has 0 unspecified atom stereocenters. The number of aliphatic hydroxyl groups excluding tert-OH is 1. The number of rotatable bonds is 5. The van der Waals surface area contributed by atoms with Crippen LogP contribution in [0.2, 0.25) is 0 Å². The van der Waals surface area contributed by atoms with Crippen molar-refractivity contribution in [3.8, 4) is 12.1 Å². The van der Waals surface area contributed by atoms with Crippen molar-refractivity contribution < 1.29 is 5.11 Å². The maximum absolute atomic E-state index is 9.77. The van der Waals surface area contributed by atoms with Gasteiger partial charge in [0.25, 0.3) is 0 Å². The molecule has 31 heavy (non-hydrogen) atoms. The molecule has 2 aliphatic heterocycles. The fourth-order valence-corrected chi connectivity index (χ4v) is 4.53. The molecular weight excluding hydrogens is 390 g/mol. The summed E-state index contributed by atoms with van der Waals surface area (Å²) >= 11 is 0. The van der Waals surface area contributed by atoms with Crippen molar-refractivity contribution in [3.63, 3.8) is 0 Å². The van der Waals surface area contributed by atoms with E-state index in [0.29, 0.717) is 11.1 Å². The Morgan fingerprint density at radius 2 is 1.71 bits per heavy atom. The van der Waals surface area contributed by atoms with E-state index in [1.807, 2.05) is 26.0 Å². The summed E-state index contributed by atoms with van der Waals surface area (Å²) in [6.45, 7) is 9.16. The smallest absolute Gasteiger partial charge is 0.0975 e. The maximum atomic E-state index is 9.77. The highest BCUT2D eigenvalue weighted by Gasteiger charge is 2.30. The molecule has 3 N–H and O–H groups in total. The summed E-state index contributed by atoms with van der Waals surface area (Å²) in [6.07, 6.45) is 0. The molecule has 8 nitrogen and oxygen atoms in total. The Labute approximate surface area is 182 Å². The van der Waals surface area contributed by atoms with Gasteiger partial charge in [-0.05, 0) is 31.5 Å². The number of aliphatic hydroxyl groups is 1. The number of benzene rings is 1. The number of aromatic nitrogens is 2. The van der Waals surface area contributed by atoms with Gasteiger partial charge in [-0.3, -0.25) is 14.9 Å². The van der Waals surface area contributed by atoms with Crippen LogP contribution in [0.1, 0.15) is 31.0 Å². The van der Waals surface area contributed by atoms with Gasteiger partial charge in [0.1, 0.15) is 0 Å². The first-order valence-electron chi connectivity index (χ1n) is 10.6. The topological polar surface area (TPSA) is 115 Å². The van der Waals surface area contributed by atoms with Crippen LogP contribution in [0, 0.1) is 22.7 Å². The molecule has 0 aliphatic carbocycles. The second kappa shape index (κ2) is 8.91. The minimum absolute atomic E-state index is 0.195. The SMILES string of the molecule is CC1=C(C#N)C(c2ccc3[nH]nc(CN4CCN(CCO)CC4)c3c2)C(C#N)=C(C)N1. The van der Waals surface area contributed by atoms with E-state index in [-0.39, 0.29) is 12.5 Å². The fraction of sp³-hybridized carbons (Fsp3) is 0.435. The molecule has 0 bridgehead atoms. The Morgan fingerprint density at radius 3 is 2.32 bits per heavy atom. The summed E-state index contributed by atoms with van der Waals surface area (Å²) in [5, 5.41) is 40.5. The minimum atomic E-state index is -0.370. The second-order valence-electron chi connectivity index (χ2n) is 8.18. The molecule has 4 rings (SSSR count). The molecule has 3 heterocycles. The average Bonchev–Trinajstić information content (AvgIpc) is 3.17. The van der Waals surface area contributed by atoms with E-state index in [4.69, 9.17) is 5.11 Å². The Balaban J connectivity index is 1.64. The van der Waals surface area contributed by atoms with Gasteiger partial charge in [0.05, 0.1) is 47.0 Å². The van der Waals surface area contributed by atoms with Gasteiger partial charge in [0, 0.05) is 56.0 Å². The molecule has 8 heteroatoms. The van der Waals surface area contributed by atoms with Crippen LogP contribution >= 0.6 is 0 Å². The second-order valence-corrected chi connectivity index (χ2v) is 8.18. The van der Waals surface area contributed by atoms with E-state index in [2.05, 4.69) is 43.5 Å². The van der Waals surface area contributed by atoms with Crippen molar-refractivity contribution in [1.82, 2.24) is 25.3 Å². The van der Waals surface area contributed by atoms with Gasteiger partial charge >= 0.3 is 0 Å². The number of nitrogens with zero attached hydrogens (tertiary/aromatic N) is 5. The molecule has 0 spiro atoms. The van der Waals surface area contributed by atoms with Crippen LogP contribution in [-0.4, -0.2) is 64.4 Å². The molecular formula is C23H27N7O. The minimum Gasteiger partial charge on any atom is -0.395 e. The number of fused-ring (bicyclic) bond motifs is 1. The van der Waals surface area contributed by atoms with Crippen molar-refractivity contribution in [1.29, 1.82) is 10.5 Å². The molecule has 1 aromatic carbocycles. The zero-order chi connectivity index (χ0) is 22.0. The number of nitriles is 2. The highest BCUT2D eigenvalue weighted by molar-refractivity contribution is 5.82. The van der Waals surface area contributed by atoms with E-state index >= 15 is 0 Å². The zero-order valence-electron chi connectivity index (χ0n) is 17.9. The lowest BCUT2D eigenvalue weighted by atomic mass is 9.81. The first kappa shape index (κ1) is 21.1. The predicted molar refractivity (Wildman–Crippen MR) is 117 cm³/mol. The summed E-state index contributed by atoms with van der Waals surface area (Å²) in [4.78, 5) is 4.64. The lowest BCUT2D eigenvalue weighted by Gasteiger charge is -2.33. The Morgan fingerprint density at radius 1 is 1.06 bits per heavy atom. The lowest BCUT2D eigenvalue weighted by Crippen LogP contribution is -2.46. The van der Waals surface area contributed by atoms with E-state index in [9.17, 15) is 10.5 Å².